The molecule has 0 aliphatic rings. The predicted molar refractivity (Wildman–Crippen MR) is 93.3 cm³/mol. The van der Waals surface area contributed by atoms with Crippen LogP contribution in [0.25, 0.3) is 0 Å². The second-order valence-corrected chi connectivity index (χ2v) is 7.41. The van der Waals surface area contributed by atoms with Crippen molar-refractivity contribution in [3.63, 3.8) is 0 Å². The van der Waals surface area contributed by atoms with Gasteiger partial charge in [0, 0.05) is 6.54 Å². The predicted octanol–water partition coefficient (Wildman–Crippen LogP) is 0.849. The number of amides is 1. The average molecular weight is 363 g/mol. The molecule has 0 saturated carbocycles. The molecule has 0 spiro atoms. The van der Waals surface area contributed by atoms with Crippen molar-refractivity contribution >= 4 is 15.9 Å². The van der Waals surface area contributed by atoms with E-state index in [0.717, 1.165) is 16.7 Å². The number of hydroxylamine groups is 1. The number of carbonyl (C=O) groups excluding carboxylic acids is 1. The van der Waals surface area contributed by atoms with E-state index >= 15 is 0 Å². The molecule has 134 valence electrons. The van der Waals surface area contributed by atoms with Crippen molar-refractivity contribution in [1.82, 2.24) is 10.2 Å². The number of hydrogen-bond acceptors (Lipinski definition) is 5. The number of hydrogen-bond donors (Lipinski definition) is 4. The lowest BCUT2D eigenvalue weighted by Crippen LogP contribution is -2.47. The zero-order valence-electron chi connectivity index (χ0n) is 13.8. The lowest BCUT2D eigenvalue weighted by molar-refractivity contribution is -0.130. The molecule has 8 heteroatoms. The van der Waals surface area contributed by atoms with Gasteiger partial charge in [-0.2, -0.15) is 4.72 Å². The van der Waals surface area contributed by atoms with Crippen molar-refractivity contribution in [2.75, 3.05) is 0 Å². The first-order chi connectivity index (χ1) is 11.9. The maximum atomic E-state index is 12.5. The quantitative estimate of drug-likeness (QED) is 0.429. The van der Waals surface area contributed by atoms with Gasteiger partial charge in [-0.15, -0.1) is 0 Å². The standard InChI is InChI=1S/C17H21N3O4S/c1-12-3-2-4-15(9-12)25(23,24)20-16(17(21)19-22)10-13-5-7-14(11-18)8-6-13/h2-9,16,20,22H,10-11,18H2,1H3,(H,19,21). The molecule has 0 aliphatic heterocycles. The van der Waals surface area contributed by atoms with Crippen LogP contribution < -0.4 is 15.9 Å². The fourth-order valence-electron chi connectivity index (χ4n) is 2.35. The van der Waals surface area contributed by atoms with Crippen LogP contribution in [0.15, 0.2) is 53.4 Å². The molecule has 2 aromatic rings. The fourth-order valence-corrected chi connectivity index (χ4v) is 3.65. The van der Waals surface area contributed by atoms with Crippen molar-refractivity contribution in [2.24, 2.45) is 5.73 Å². The third-order valence-electron chi connectivity index (χ3n) is 3.72. The van der Waals surface area contributed by atoms with E-state index in [1.807, 2.05) is 0 Å². The Kier molecular flexibility index (Phi) is 6.27. The van der Waals surface area contributed by atoms with Gasteiger partial charge < -0.3 is 5.73 Å². The number of nitrogens with one attached hydrogen (secondary N) is 2. The van der Waals surface area contributed by atoms with Crippen molar-refractivity contribution in [3.05, 3.63) is 65.2 Å². The monoisotopic (exact) mass is 363 g/mol. The van der Waals surface area contributed by atoms with Crippen LogP contribution in [0.4, 0.5) is 0 Å². The highest BCUT2D eigenvalue weighted by molar-refractivity contribution is 7.89. The van der Waals surface area contributed by atoms with Gasteiger partial charge in [0.15, 0.2) is 0 Å². The van der Waals surface area contributed by atoms with Crippen LogP contribution in [0.2, 0.25) is 0 Å². The van der Waals surface area contributed by atoms with Crippen molar-refractivity contribution < 1.29 is 18.4 Å². The normalized spacial score (nSPS) is 12.6. The molecular weight excluding hydrogens is 342 g/mol. The summed E-state index contributed by atoms with van der Waals surface area (Å²) in [5.41, 5.74) is 9.49. The van der Waals surface area contributed by atoms with Crippen LogP contribution >= 0.6 is 0 Å². The second-order valence-electron chi connectivity index (χ2n) is 5.69. The summed E-state index contributed by atoms with van der Waals surface area (Å²) in [6.45, 7) is 2.16. The Balaban J connectivity index is 2.23. The molecule has 2 rings (SSSR count). The first-order valence-electron chi connectivity index (χ1n) is 7.66. The summed E-state index contributed by atoms with van der Waals surface area (Å²) >= 11 is 0. The van der Waals surface area contributed by atoms with Crippen LogP contribution in [0, 0.1) is 6.92 Å². The maximum absolute atomic E-state index is 12.5. The Morgan fingerprint density at radius 3 is 2.36 bits per heavy atom. The highest BCUT2D eigenvalue weighted by Crippen LogP contribution is 2.13. The lowest BCUT2D eigenvalue weighted by Gasteiger charge is -2.17. The first kappa shape index (κ1) is 19.1. The average Bonchev–Trinajstić information content (AvgIpc) is 2.61. The Morgan fingerprint density at radius 2 is 1.80 bits per heavy atom. The number of rotatable bonds is 7. The van der Waals surface area contributed by atoms with Gasteiger partial charge in [-0.05, 0) is 42.2 Å². The Morgan fingerprint density at radius 1 is 1.16 bits per heavy atom. The summed E-state index contributed by atoms with van der Waals surface area (Å²) in [5.74, 6) is -0.834. The largest absolute Gasteiger partial charge is 0.326 e. The summed E-state index contributed by atoms with van der Waals surface area (Å²) in [6, 6.07) is 12.3. The molecule has 0 fully saturated rings. The Bertz CT molecular complexity index is 835. The molecule has 1 unspecified atom stereocenters. The minimum atomic E-state index is -3.91. The van der Waals surface area contributed by atoms with Gasteiger partial charge in [-0.3, -0.25) is 10.0 Å². The number of carbonyl (C=O) groups is 1. The zero-order chi connectivity index (χ0) is 18.4. The number of benzene rings is 2. The van der Waals surface area contributed by atoms with Gasteiger partial charge in [-0.25, -0.2) is 13.9 Å². The van der Waals surface area contributed by atoms with E-state index < -0.39 is 22.0 Å². The number of aryl methyl sites for hydroxylation is 1. The van der Waals surface area contributed by atoms with Crippen molar-refractivity contribution in [1.29, 1.82) is 0 Å². The molecule has 0 bridgehead atoms. The summed E-state index contributed by atoms with van der Waals surface area (Å²) in [6.07, 6.45) is 0.0856. The minimum Gasteiger partial charge on any atom is -0.326 e. The Hall–Kier alpha value is -2.26. The van der Waals surface area contributed by atoms with Gasteiger partial charge in [0.25, 0.3) is 5.91 Å². The van der Waals surface area contributed by atoms with E-state index in [9.17, 15) is 13.2 Å². The highest BCUT2D eigenvalue weighted by Gasteiger charge is 2.26. The SMILES string of the molecule is Cc1cccc(S(=O)(=O)NC(Cc2ccc(CN)cc2)C(=O)NO)c1. The molecule has 1 amide bonds. The Labute approximate surface area is 146 Å². The maximum Gasteiger partial charge on any atom is 0.261 e. The molecule has 0 aliphatic carbocycles. The first-order valence-corrected chi connectivity index (χ1v) is 9.15. The number of nitrogens with two attached hydrogens (primary N) is 1. The topological polar surface area (TPSA) is 122 Å². The van der Waals surface area contributed by atoms with E-state index in [2.05, 4.69) is 4.72 Å². The minimum absolute atomic E-state index is 0.0571. The van der Waals surface area contributed by atoms with E-state index in [-0.39, 0.29) is 11.3 Å². The van der Waals surface area contributed by atoms with Gasteiger partial charge in [0.2, 0.25) is 10.0 Å². The van der Waals surface area contributed by atoms with Gasteiger partial charge in [0.05, 0.1) is 4.90 Å². The molecule has 0 heterocycles. The van der Waals surface area contributed by atoms with E-state index in [4.69, 9.17) is 10.9 Å². The summed E-state index contributed by atoms with van der Waals surface area (Å²) in [7, 11) is -3.91. The zero-order valence-corrected chi connectivity index (χ0v) is 14.6. The molecule has 0 radical (unpaired) electrons. The third-order valence-corrected chi connectivity index (χ3v) is 5.19. The molecule has 0 saturated heterocycles. The van der Waals surface area contributed by atoms with Gasteiger partial charge in [0.1, 0.15) is 6.04 Å². The van der Waals surface area contributed by atoms with E-state index in [1.165, 1.54) is 17.6 Å². The van der Waals surface area contributed by atoms with E-state index in [1.54, 1.807) is 43.3 Å². The molecule has 0 aromatic heterocycles. The molecule has 1 atom stereocenters. The molecule has 25 heavy (non-hydrogen) atoms. The molecular formula is C17H21N3O4S. The molecule has 7 nitrogen and oxygen atoms in total. The van der Waals surface area contributed by atoms with E-state index in [0.29, 0.717) is 6.54 Å². The van der Waals surface area contributed by atoms with Gasteiger partial charge in [-0.1, -0.05) is 36.4 Å². The van der Waals surface area contributed by atoms with Crippen LogP contribution in [0.3, 0.4) is 0 Å². The summed E-state index contributed by atoms with van der Waals surface area (Å²) in [5, 5.41) is 8.93. The van der Waals surface area contributed by atoms with Crippen molar-refractivity contribution in [3.8, 4) is 0 Å². The number of sulfonamides is 1. The van der Waals surface area contributed by atoms with Crippen LogP contribution in [0.1, 0.15) is 16.7 Å². The van der Waals surface area contributed by atoms with Crippen LogP contribution in [-0.4, -0.2) is 25.6 Å². The molecule has 5 N–H and O–H groups in total. The van der Waals surface area contributed by atoms with Gasteiger partial charge >= 0.3 is 0 Å². The third kappa shape index (κ3) is 5.10. The molecule has 2 aromatic carbocycles. The summed E-state index contributed by atoms with van der Waals surface area (Å²) < 4.78 is 27.4. The van der Waals surface area contributed by atoms with Crippen LogP contribution in [0.5, 0.6) is 0 Å². The lowest BCUT2D eigenvalue weighted by atomic mass is 10.0. The van der Waals surface area contributed by atoms with Crippen LogP contribution in [-0.2, 0) is 27.8 Å². The summed E-state index contributed by atoms with van der Waals surface area (Å²) in [4.78, 5) is 12.0. The smallest absolute Gasteiger partial charge is 0.261 e. The highest BCUT2D eigenvalue weighted by atomic mass is 32.2. The van der Waals surface area contributed by atoms with Crippen molar-refractivity contribution in [2.45, 2.75) is 30.8 Å². The second kappa shape index (κ2) is 8.21. The fraction of sp³-hybridized carbons (Fsp3) is 0.235.